The Morgan fingerprint density at radius 2 is 1.90 bits per heavy atom. The Morgan fingerprint density at radius 1 is 1.13 bits per heavy atom. The van der Waals surface area contributed by atoms with Crippen LogP contribution in [0.5, 0.6) is 5.75 Å². The molecule has 0 spiro atoms. The van der Waals surface area contributed by atoms with Crippen LogP contribution >= 0.6 is 35.1 Å². The van der Waals surface area contributed by atoms with Crippen molar-refractivity contribution < 1.29 is 13.9 Å². The molecule has 2 heterocycles. The Bertz CT molecular complexity index is 1110. The summed E-state index contributed by atoms with van der Waals surface area (Å²) in [5.41, 5.74) is 0.738. The van der Waals surface area contributed by atoms with Gasteiger partial charge in [0.25, 0.3) is 5.91 Å². The zero-order chi connectivity index (χ0) is 20.9. The van der Waals surface area contributed by atoms with Crippen LogP contribution in [0.3, 0.4) is 0 Å². The molecular weight excluding hydrogens is 440 g/mol. The summed E-state index contributed by atoms with van der Waals surface area (Å²) in [6.45, 7) is 2.55. The van der Waals surface area contributed by atoms with Gasteiger partial charge in [-0.15, -0.1) is 0 Å². The van der Waals surface area contributed by atoms with Gasteiger partial charge in [0, 0.05) is 16.0 Å². The lowest BCUT2D eigenvalue weighted by molar-refractivity contribution is -0.115. The monoisotopic (exact) mass is 456 g/mol. The smallest absolute Gasteiger partial charge is 0.264 e. The molecule has 2 aromatic carbocycles. The molecule has 0 atom stereocenters. The summed E-state index contributed by atoms with van der Waals surface area (Å²) >= 11 is 8.68. The second-order valence-corrected chi connectivity index (χ2v) is 8.67. The first-order valence-electron chi connectivity index (χ1n) is 9.15. The summed E-state index contributed by atoms with van der Waals surface area (Å²) in [7, 11) is 0. The number of hydrogen-bond donors (Lipinski definition) is 1. The highest BCUT2D eigenvalue weighted by Crippen LogP contribution is 2.33. The van der Waals surface area contributed by atoms with E-state index in [1.54, 1.807) is 6.08 Å². The van der Waals surface area contributed by atoms with Crippen LogP contribution in [0.15, 0.2) is 85.0 Å². The highest BCUT2D eigenvalue weighted by Gasteiger charge is 2.24. The Labute approximate surface area is 187 Å². The molecule has 0 saturated carbocycles. The van der Waals surface area contributed by atoms with Gasteiger partial charge >= 0.3 is 0 Å². The molecule has 1 aliphatic rings. The minimum atomic E-state index is -0.201. The first-order valence-corrected chi connectivity index (χ1v) is 11.2. The maximum absolute atomic E-state index is 12.3. The number of ether oxygens (including phenoxy) is 1. The molecule has 30 heavy (non-hydrogen) atoms. The van der Waals surface area contributed by atoms with E-state index in [9.17, 15) is 4.79 Å². The van der Waals surface area contributed by atoms with Crippen molar-refractivity contribution in [2.45, 2.75) is 16.9 Å². The summed E-state index contributed by atoms with van der Waals surface area (Å²) < 4.78 is 11.2. The van der Waals surface area contributed by atoms with Crippen molar-refractivity contribution in [3.8, 4) is 5.75 Å². The predicted molar refractivity (Wildman–Crippen MR) is 123 cm³/mol. The van der Waals surface area contributed by atoms with Gasteiger partial charge in [-0.2, -0.15) is 0 Å². The highest BCUT2D eigenvalue weighted by molar-refractivity contribution is 8.18. The second-order valence-electron chi connectivity index (χ2n) is 6.12. The molecular formula is C22H17ClN2O3S2. The van der Waals surface area contributed by atoms with E-state index in [0.29, 0.717) is 27.5 Å². The van der Waals surface area contributed by atoms with Crippen LogP contribution in [0.4, 0.5) is 5.69 Å². The van der Waals surface area contributed by atoms with Gasteiger partial charge in [-0.05, 0) is 79.3 Å². The normalized spacial score (nSPS) is 16.3. The molecule has 8 heteroatoms. The molecule has 1 N–H and O–H groups in total. The summed E-state index contributed by atoms with van der Waals surface area (Å²) in [4.78, 5) is 18.3. The van der Waals surface area contributed by atoms with E-state index in [4.69, 9.17) is 20.8 Å². The molecule has 0 radical (unpaired) electrons. The number of halogens is 1. The zero-order valence-corrected chi connectivity index (χ0v) is 18.3. The van der Waals surface area contributed by atoms with E-state index in [-0.39, 0.29) is 5.91 Å². The number of rotatable bonds is 6. The van der Waals surface area contributed by atoms with Crippen LogP contribution in [-0.2, 0) is 4.79 Å². The van der Waals surface area contributed by atoms with Crippen LogP contribution in [-0.4, -0.2) is 17.7 Å². The van der Waals surface area contributed by atoms with Crippen molar-refractivity contribution in [1.82, 2.24) is 5.32 Å². The number of carbonyl (C=O) groups excluding carboxylic acids is 1. The molecule has 4 rings (SSSR count). The van der Waals surface area contributed by atoms with Crippen LogP contribution < -0.4 is 10.1 Å². The van der Waals surface area contributed by atoms with Crippen LogP contribution in [0, 0.1) is 0 Å². The molecule has 1 fully saturated rings. The van der Waals surface area contributed by atoms with Crippen LogP contribution in [0.25, 0.3) is 6.08 Å². The molecule has 0 bridgehead atoms. The van der Waals surface area contributed by atoms with E-state index in [0.717, 1.165) is 21.4 Å². The van der Waals surface area contributed by atoms with E-state index in [1.807, 2.05) is 67.6 Å². The Hall–Kier alpha value is -2.61. The number of benzene rings is 2. The van der Waals surface area contributed by atoms with Crippen LogP contribution in [0.1, 0.15) is 12.7 Å². The standard InChI is InChI=1S/C22H17ClN2O3S2/c1-2-27-16-7-5-15(6-8-16)24-22-25-21(26)19(30-22)13-17-9-12-20(28-17)29-18-10-3-14(23)4-11-18/h3-13H,2H2,1H3,(H,24,25,26)/b19-13-. The Kier molecular flexibility index (Phi) is 6.52. The summed E-state index contributed by atoms with van der Waals surface area (Å²) in [5.74, 6) is 1.19. The maximum Gasteiger partial charge on any atom is 0.264 e. The molecule has 5 nitrogen and oxygen atoms in total. The topological polar surface area (TPSA) is 63.8 Å². The molecule has 0 aliphatic carbocycles. The Balaban J connectivity index is 1.43. The van der Waals surface area contributed by atoms with Gasteiger partial charge in [0.1, 0.15) is 11.5 Å². The lowest BCUT2D eigenvalue weighted by atomic mass is 10.3. The van der Waals surface area contributed by atoms with Gasteiger partial charge in [-0.3, -0.25) is 4.79 Å². The number of amides is 1. The second kappa shape index (κ2) is 9.47. The number of aliphatic imine (C=N–C) groups is 1. The van der Waals surface area contributed by atoms with Crippen molar-refractivity contribution in [2.75, 3.05) is 6.61 Å². The fourth-order valence-electron chi connectivity index (χ4n) is 2.60. The molecule has 152 valence electrons. The largest absolute Gasteiger partial charge is 0.494 e. The molecule has 1 aliphatic heterocycles. The van der Waals surface area contributed by atoms with E-state index >= 15 is 0 Å². The first-order chi connectivity index (χ1) is 14.6. The first kappa shape index (κ1) is 20.7. The van der Waals surface area contributed by atoms with Crippen molar-refractivity contribution in [2.24, 2.45) is 4.99 Å². The molecule has 3 aromatic rings. The third-order valence-electron chi connectivity index (χ3n) is 3.94. The minimum Gasteiger partial charge on any atom is -0.494 e. The third kappa shape index (κ3) is 5.30. The van der Waals surface area contributed by atoms with Crippen molar-refractivity contribution in [3.63, 3.8) is 0 Å². The zero-order valence-electron chi connectivity index (χ0n) is 15.9. The van der Waals surface area contributed by atoms with Gasteiger partial charge in [0.15, 0.2) is 10.3 Å². The predicted octanol–water partition coefficient (Wildman–Crippen LogP) is 6.37. The van der Waals surface area contributed by atoms with Gasteiger partial charge in [-0.1, -0.05) is 23.4 Å². The number of nitrogens with one attached hydrogen (secondary N) is 1. The summed E-state index contributed by atoms with van der Waals surface area (Å²) in [6.07, 6.45) is 1.71. The van der Waals surface area contributed by atoms with Gasteiger partial charge < -0.3 is 14.5 Å². The minimum absolute atomic E-state index is 0.201. The number of hydrogen-bond acceptors (Lipinski definition) is 6. The lowest BCUT2D eigenvalue weighted by Crippen LogP contribution is -2.19. The quantitative estimate of drug-likeness (QED) is 0.436. The average Bonchev–Trinajstić information content (AvgIpc) is 3.32. The number of thioether (sulfide) groups is 1. The fourth-order valence-corrected chi connectivity index (χ4v) is 4.32. The molecule has 1 amide bonds. The van der Waals surface area contributed by atoms with E-state index in [1.165, 1.54) is 23.5 Å². The molecule has 1 aromatic heterocycles. The van der Waals surface area contributed by atoms with Gasteiger partial charge in [0.05, 0.1) is 17.2 Å². The average molecular weight is 457 g/mol. The van der Waals surface area contributed by atoms with Crippen LogP contribution in [0.2, 0.25) is 5.02 Å². The van der Waals surface area contributed by atoms with Crippen molar-refractivity contribution >= 4 is 58.0 Å². The number of carbonyl (C=O) groups is 1. The SMILES string of the molecule is CCOc1ccc(N=C2NC(=O)/C(=C/c3ccc(Sc4ccc(Cl)cc4)o3)S2)cc1. The Morgan fingerprint density at radius 3 is 2.63 bits per heavy atom. The van der Waals surface area contributed by atoms with E-state index in [2.05, 4.69) is 10.3 Å². The fraction of sp³-hybridized carbons (Fsp3) is 0.0909. The number of amidine groups is 1. The maximum atomic E-state index is 12.3. The van der Waals surface area contributed by atoms with Gasteiger partial charge in [0.2, 0.25) is 0 Å². The van der Waals surface area contributed by atoms with E-state index < -0.39 is 0 Å². The third-order valence-corrected chi connectivity index (χ3v) is 6.03. The summed E-state index contributed by atoms with van der Waals surface area (Å²) in [6, 6.07) is 18.6. The van der Waals surface area contributed by atoms with Crippen molar-refractivity contribution in [3.05, 3.63) is 76.4 Å². The molecule has 1 saturated heterocycles. The lowest BCUT2D eigenvalue weighted by Gasteiger charge is -2.02. The van der Waals surface area contributed by atoms with Crippen molar-refractivity contribution in [1.29, 1.82) is 0 Å². The summed E-state index contributed by atoms with van der Waals surface area (Å²) in [5, 5.41) is 4.73. The highest BCUT2D eigenvalue weighted by atomic mass is 35.5. The number of furan rings is 1. The number of nitrogens with zero attached hydrogens (tertiary/aromatic N) is 1. The van der Waals surface area contributed by atoms with Gasteiger partial charge in [-0.25, -0.2) is 4.99 Å². The molecule has 0 unspecified atom stereocenters.